The van der Waals surface area contributed by atoms with Crippen LogP contribution in [0.15, 0.2) is 53.1 Å². The lowest BCUT2D eigenvalue weighted by Crippen LogP contribution is -2.24. The first kappa shape index (κ1) is 17.2. The highest BCUT2D eigenvalue weighted by Crippen LogP contribution is 2.29. The van der Waals surface area contributed by atoms with Gasteiger partial charge in [0, 0.05) is 31.0 Å². The topological polar surface area (TPSA) is 68.5 Å². The molecular weight excluding hydrogens is 349 g/mol. The van der Waals surface area contributed by atoms with Crippen LogP contribution in [0.25, 0.3) is 11.5 Å². The minimum atomic E-state index is -0.367. The van der Waals surface area contributed by atoms with Gasteiger partial charge in [0.05, 0.1) is 7.11 Å². The second-order valence-electron chi connectivity index (χ2n) is 6.49. The molecule has 2 heterocycles. The molecule has 2 aromatic carbocycles. The molecule has 1 aliphatic rings. The molecule has 7 heteroatoms. The normalized spacial score (nSPS) is 16.7. The highest BCUT2D eigenvalue weighted by atomic mass is 19.1. The van der Waals surface area contributed by atoms with Gasteiger partial charge >= 0.3 is 0 Å². The minimum absolute atomic E-state index is 0.0490. The lowest BCUT2D eigenvalue weighted by Gasteiger charge is -2.16. The third kappa shape index (κ3) is 3.67. The molecule has 27 heavy (non-hydrogen) atoms. The lowest BCUT2D eigenvalue weighted by atomic mass is 10.1. The van der Waals surface area contributed by atoms with Crippen molar-refractivity contribution < 1.29 is 18.4 Å². The van der Waals surface area contributed by atoms with Crippen LogP contribution in [0.5, 0.6) is 5.75 Å². The highest BCUT2D eigenvalue weighted by Gasteiger charge is 2.33. The van der Waals surface area contributed by atoms with Gasteiger partial charge in [-0.15, -0.1) is 0 Å². The molecule has 0 radical (unpaired) electrons. The van der Waals surface area contributed by atoms with Crippen molar-refractivity contribution in [2.45, 2.75) is 18.9 Å². The Labute approximate surface area is 155 Å². The summed E-state index contributed by atoms with van der Waals surface area (Å²) in [5.74, 6) is 1.05. The number of hydrogen-bond donors (Lipinski definition) is 0. The number of carbonyl (C=O) groups excluding carboxylic acids is 1. The monoisotopic (exact) mass is 367 g/mol. The molecule has 0 N–H and O–H groups in total. The summed E-state index contributed by atoms with van der Waals surface area (Å²) in [5, 5.41) is 4.00. The van der Waals surface area contributed by atoms with Gasteiger partial charge in [0.25, 0.3) is 5.89 Å². The van der Waals surface area contributed by atoms with E-state index in [1.54, 1.807) is 24.1 Å². The Morgan fingerprint density at radius 2 is 2.07 bits per heavy atom. The molecule has 4 rings (SSSR count). The summed E-state index contributed by atoms with van der Waals surface area (Å²) in [4.78, 5) is 18.5. The van der Waals surface area contributed by atoms with Crippen LogP contribution in [-0.2, 0) is 11.3 Å². The molecule has 1 saturated heterocycles. The summed E-state index contributed by atoms with van der Waals surface area (Å²) in [7, 11) is 1.62. The fourth-order valence-corrected chi connectivity index (χ4v) is 3.19. The van der Waals surface area contributed by atoms with Crippen LogP contribution in [0.4, 0.5) is 4.39 Å². The maximum Gasteiger partial charge on any atom is 0.258 e. The van der Waals surface area contributed by atoms with Crippen LogP contribution in [0.2, 0.25) is 0 Å². The average Bonchev–Trinajstić information content (AvgIpc) is 3.30. The van der Waals surface area contributed by atoms with Gasteiger partial charge in [-0.1, -0.05) is 23.4 Å². The van der Waals surface area contributed by atoms with Crippen molar-refractivity contribution in [1.82, 2.24) is 15.0 Å². The lowest BCUT2D eigenvalue weighted by molar-refractivity contribution is -0.128. The number of likely N-dealkylation sites (tertiary alicyclic amines) is 1. The van der Waals surface area contributed by atoms with Crippen molar-refractivity contribution in [2.24, 2.45) is 0 Å². The quantitative estimate of drug-likeness (QED) is 0.691. The molecule has 1 unspecified atom stereocenters. The molecule has 0 saturated carbocycles. The molecule has 1 aromatic heterocycles. The molecule has 0 aliphatic carbocycles. The molecule has 3 aromatic rings. The molecule has 0 spiro atoms. The first-order valence-electron chi connectivity index (χ1n) is 8.62. The second kappa shape index (κ2) is 7.19. The van der Waals surface area contributed by atoms with Gasteiger partial charge in [0.2, 0.25) is 5.91 Å². The molecule has 1 aliphatic heterocycles. The van der Waals surface area contributed by atoms with E-state index in [1.165, 1.54) is 12.1 Å². The summed E-state index contributed by atoms with van der Waals surface area (Å²) >= 11 is 0. The Bertz CT molecular complexity index is 955. The molecule has 1 fully saturated rings. The van der Waals surface area contributed by atoms with E-state index < -0.39 is 0 Å². The zero-order valence-electron chi connectivity index (χ0n) is 14.8. The number of amides is 1. The van der Waals surface area contributed by atoms with Crippen molar-refractivity contribution in [3.63, 3.8) is 0 Å². The molecule has 138 valence electrons. The number of carbonyl (C=O) groups is 1. The van der Waals surface area contributed by atoms with Gasteiger partial charge in [-0.05, 0) is 35.9 Å². The van der Waals surface area contributed by atoms with E-state index in [0.717, 1.165) is 11.3 Å². The number of aromatic nitrogens is 2. The molecular formula is C20H18FN3O3. The van der Waals surface area contributed by atoms with E-state index in [1.807, 2.05) is 24.3 Å². The Balaban J connectivity index is 1.46. The number of rotatable bonds is 5. The summed E-state index contributed by atoms with van der Waals surface area (Å²) < 4.78 is 23.8. The summed E-state index contributed by atoms with van der Waals surface area (Å²) in [6, 6.07) is 13.6. The Morgan fingerprint density at radius 1 is 1.26 bits per heavy atom. The highest BCUT2D eigenvalue weighted by molar-refractivity contribution is 5.79. The summed E-state index contributed by atoms with van der Waals surface area (Å²) in [6.07, 6.45) is 0.332. The van der Waals surface area contributed by atoms with Crippen LogP contribution >= 0.6 is 0 Å². The fourth-order valence-electron chi connectivity index (χ4n) is 3.19. The number of methoxy groups -OCH3 is 1. The summed E-state index contributed by atoms with van der Waals surface area (Å²) in [5.41, 5.74) is 1.55. The predicted molar refractivity (Wildman–Crippen MR) is 95.5 cm³/mol. The molecule has 1 amide bonds. The Hall–Kier alpha value is -3.22. The zero-order chi connectivity index (χ0) is 18.8. The predicted octanol–water partition coefficient (Wildman–Crippen LogP) is 3.40. The number of ether oxygens (including phenoxy) is 1. The number of nitrogens with zero attached hydrogens (tertiary/aromatic N) is 3. The van der Waals surface area contributed by atoms with Crippen LogP contribution < -0.4 is 4.74 Å². The standard InChI is InChI=1S/C20H18FN3O3/c1-26-17-7-5-13(6-8-17)11-24-12-15(10-18(24)25)19-22-20(27-23-19)14-3-2-4-16(21)9-14/h2-9,15H,10-12H2,1H3. The SMILES string of the molecule is COc1ccc(CN2CC(c3noc(-c4cccc(F)c4)n3)CC2=O)cc1. The van der Waals surface area contributed by atoms with E-state index in [-0.39, 0.29) is 23.5 Å². The smallest absolute Gasteiger partial charge is 0.258 e. The van der Waals surface area contributed by atoms with E-state index >= 15 is 0 Å². The third-order valence-electron chi connectivity index (χ3n) is 4.63. The van der Waals surface area contributed by atoms with Crippen molar-refractivity contribution in [2.75, 3.05) is 13.7 Å². The third-order valence-corrected chi connectivity index (χ3v) is 4.63. The first-order chi connectivity index (χ1) is 13.1. The second-order valence-corrected chi connectivity index (χ2v) is 6.49. The Kier molecular flexibility index (Phi) is 4.58. The number of halogens is 1. The van der Waals surface area contributed by atoms with Gasteiger partial charge < -0.3 is 14.2 Å². The van der Waals surface area contributed by atoms with Crippen molar-refractivity contribution in [3.8, 4) is 17.2 Å². The number of hydrogen-bond acceptors (Lipinski definition) is 5. The average molecular weight is 367 g/mol. The Morgan fingerprint density at radius 3 is 2.81 bits per heavy atom. The van der Waals surface area contributed by atoms with Crippen molar-refractivity contribution in [3.05, 3.63) is 65.7 Å². The van der Waals surface area contributed by atoms with Gasteiger partial charge in [-0.2, -0.15) is 4.98 Å². The van der Waals surface area contributed by atoms with Crippen LogP contribution in [0, 0.1) is 5.82 Å². The fraction of sp³-hybridized carbons (Fsp3) is 0.250. The van der Waals surface area contributed by atoms with E-state index in [2.05, 4.69) is 10.1 Å². The van der Waals surface area contributed by atoms with Crippen molar-refractivity contribution in [1.29, 1.82) is 0 Å². The van der Waals surface area contributed by atoms with Crippen LogP contribution in [-0.4, -0.2) is 34.6 Å². The minimum Gasteiger partial charge on any atom is -0.497 e. The molecule has 0 bridgehead atoms. The van der Waals surface area contributed by atoms with E-state index in [9.17, 15) is 9.18 Å². The zero-order valence-corrected chi connectivity index (χ0v) is 14.8. The van der Waals surface area contributed by atoms with Gasteiger partial charge in [0.15, 0.2) is 5.82 Å². The maximum absolute atomic E-state index is 13.4. The largest absolute Gasteiger partial charge is 0.497 e. The van der Waals surface area contributed by atoms with Crippen LogP contribution in [0.3, 0.4) is 0 Å². The first-order valence-corrected chi connectivity index (χ1v) is 8.62. The maximum atomic E-state index is 13.4. The van der Waals surface area contributed by atoms with Crippen molar-refractivity contribution >= 4 is 5.91 Å². The van der Waals surface area contributed by atoms with Crippen LogP contribution in [0.1, 0.15) is 23.7 Å². The van der Waals surface area contributed by atoms with E-state index in [0.29, 0.717) is 30.9 Å². The molecule has 6 nitrogen and oxygen atoms in total. The van der Waals surface area contributed by atoms with Gasteiger partial charge in [0.1, 0.15) is 11.6 Å². The van der Waals surface area contributed by atoms with Gasteiger partial charge in [-0.3, -0.25) is 4.79 Å². The molecule has 1 atom stereocenters. The van der Waals surface area contributed by atoms with E-state index in [4.69, 9.17) is 9.26 Å². The number of benzene rings is 2. The summed E-state index contributed by atoms with van der Waals surface area (Å²) in [6.45, 7) is 1.04. The van der Waals surface area contributed by atoms with Gasteiger partial charge in [-0.25, -0.2) is 4.39 Å².